The third-order valence-electron chi connectivity index (χ3n) is 3.44. The van der Waals surface area contributed by atoms with Crippen molar-refractivity contribution in [2.45, 2.75) is 49.3 Å². The van der Waals surface area contributed by atoms with E-state index in [0.717, 1.165) is 31.9 Å². The van der Waals surface area contributed by atoms with E-state index in [1.165, 1.54) is 6.07 Å². The fourth-order valence-corrected chi connectivity index (χ4v) is 4.45. The molecule has 0 saturated heterocycles. The van der Waals surface area contributed by atoms with E-state index < -0.39 is 22.4 Å². The first-order valence-electron chi connectivity index (χ1n) is 6.73. The number of hydrogen-bond acceptors (Lipinski definition) is 2. The molecule has 1 N–H and O–H groups in total. The van der Waals surface area contributed by atoms with Gasteiger partial charge < -0.3 is 5.32 Å². The lowest BCUT2D eigenvalue weighted by molar-refractivity contribution is 0.478. The highest BCUT2D eigenvalue weighted by atomic mass is 32.2. The quantitative estimate of drug-likeness (QED) is 0.900. The van der Waals surface area contributed by atoms with Crippen LogP contribution >= 0.6 is 0 Å². The lowest BCUT2D eigenvalue weighted by Gasteiger charge is -2.20. The number of nitrogens with one attached hydrogen (secondary N) is 1. The minimum atomic E-state index is -1.26. The summed E-state index contributed by atoms with van der Waals surface area (Å²) in [6.07, 6.45) is 2.63. The molecule has 1 aromatic rings. The molecule has 3 unspecified atom stereocenters. The van der Waals surface area contributed by atoms with Gasteiger partial charge in [0.1, 0.15) is 0 Å². The van der Waals surface area contributed by atoms with Gasteiger partial charge in [0, 0.05) is 10.9 Å². The van der Waals surface area contributed by atoms with Crippen LogP contribution in [0.4, 0.5) is 8.78 Å². The zero-order chi connectivity index (χ0) is 14.0. The Morgan fingerprint density at radius 3 is 2.53 bits per heavy atom. The van der Waals surface area contributed by atoms with Gasteiger partial charge in [-0.15, -0.1) is 0 Å². The van der Waals surface area contributed by atoms with E-state index in [9.17, 15) is 13.0 Å². The fraction of sp³-hybridized carbons (Fsp3) is 0.571. The van der Waals surface area contributed by atoms with Crippen molar-refractivity contribution < 1.29 is 13.0 Å². The van der Waals surface area contributed by atoms with E-state index >= 15 is 0 Å². The smallest absolute Gasteiger partial charge is 0.160 e. The number of rotatable bonds is 5. The summed E-state index contributed by atoms with van der Waals surface area (Å²) in [6, 6.07) is 2.16. The molecule has 1 heterocycles. The number of halogens is 2. The zero-order valence-electron chi connectivity index (χ0n) is 11.2. The summed E-state index contributed by atoms with van der Waals surface area (Å²) in [5.41, 5.74) is 0.657. The van der Waals surface area contributed by atoms with Crippen LogP contribution in [0, 0.1) is 11.6 Å². The van der Waals surface area contributed by atoms with Gasteiger partial charge in [-0.25, -0.2) is 8.78 Å². The molecule has 0 amide bonds. The molecule has 0 radical (unpaired) electrons. The van der Waals surface area contributed by atoms with Gasteiger partial charge in [0.25, 0.3) is 0 Å². The summed E-state index contributed by atoms with van der Waals surface area (Å²) in [6.45, 7) is 4.85. The fourth-order valence-electron chi connectivity index (χ4n) is 2.55. The minimum absolute atomic E-state index is 0.0900. The Hall–Kier alpha value is -0.810. The van der Waals surface area contributed by atoms with Crippen LogP contribution in [0.5, 0.6) is 0 Å². The molecule has 0 bridgehead atoms. The predicted molar refractivity (Wildman–Crippen MR) is 72.5 cm³/mol. The number of hydrogen-bond donors (Lipinski definition) is 1. The molecular weight excluding hydrogens is 268 g/mol. The van der Waals surface area contributed by atoms with Gasteiger partial charge in [0.15, 0.2) is 11.6 Å². The maximum Gasteiger partial charge on any atom is 0.160 e. The molecule has 19 heavy (non-hydrogen) atoms. The lowest BCUT2D eigenvalue weighted by atomic mass is 10.0. The molecule has 1 aliphatic rings. The Morgan fingerprint density at radius 2 is 1.89 bits per heavy atom. The molecule has 1 aromatic carbocycles. The summed E-state index contributed by atoms with van der Waals surface area (Å²) in [5, 5.41) is 3.23. The van der Waals surface area contributed by atoms with E-state index in [1.807, 2.05) is 13.8 Å². The monoisotopic (exact) mass is 287 g/mol. The number of fused-ring (bicyclic) bond motifs is 1. The molecule has 3 atom stereocenters. The second-order valence-electron chi connectivity index (χ2n) is 4.86. The molecule has 0 fully saturated rings. The Bertz CT molecular complexity index is 493. The van der Waals surface area contributed by atoms with Crippen molar-refractivity contribution in [2.75, 3.05) is 6.54 Å². The van der Waals surface area contributed by atoms with Crippen molar-refractivity contribution in [1.82, 2.24) is 5.32 Å². The Balaban J connectivity index is 2.40. The van der Waals surface area contributed by atoms with Gasteiger partial charge in [0.2, 0.25) is 0 Å². The molecule has 106 valence electrons. The normalized spacial score (nSPS) is 25.6. The maximum atomic E-state index is 13.4. The van der Waals surface area contributed by atoms with Gasteiger partial charge in [-0.1, -0.05) is 20.3 Å². The lowest BCUT2D eigenvalue weighted by Crippen LogP contribution is -2.30. The first-order chi connectivity index (χ1) is 9.10. The molecule has 2 nitrogen and oxygen atoms in total. The Morgan fingerprint density at radius 1 is 1.21 bits per heavy atom. The summed E-state index contributed by atoms with van der Waals surface area (Å²) in [7, 11) is -1.26. The van der Waals surface area contributed by atoms with Crippen molar-refractivity contribution in [3.05, 3.63) is 29.3 Å². The van der Waals surface area contributed by atoms with E-state index in [2.05, 4.69) is 5.32 Å². The first kappa shape index (κ1) is 14.6. The van der Waals surface area contributed by atoms with Crippen LogP contribution in [0.25, 0.3) is 0 Å². The van der Waals surface area contributed by atoms with E-state index in [1.54, 1.807) is 0 Å². The maximum absolute atomic E-state index is 13.4. The third kappa shape index (κ3) is 2.72. The Labute approximate surface area is 115 Å². The largest absolute Gasteiger partial charge is 0.309 e. The molecule has 0 spiro atoms. The van der Waals surface area contributed by atoms with Crippen molar-refractivity contribution in [1.29, 1.82) is 0 Å². The van der Waals surface area contributed by atoms with Crippen molar-refractivity contribution in [2.24, 2.45) is 0 Å². The van der Waals surface area contributed by atoms with Gasteiger partial charge in [-0.2, -0.15) is 0 Å². The van der Waals surface area contributed by atoms with E-state index in [4.69, 9.17) is 0 Å². The standard InChI is InChI=1S/C14H19F2NOS/c1-3-5-12-14(17-6-4-2)9-7-10(15)11(16)8-13(9)19(12)18/h7-8,12,14,17H,3-6H2,1-2H3. The second kappa shape index (κ2) is 6.09. The summed E-state index contributed by atoms with van der Waals surface area (Å²) >= 11 is 0. The van der Waals surface area contributed by atoms with Crippen LogP contribution in [0.15, 0.2) is 17.0 Å². The van der Waals surface area contributed by atoms with E-state index in [-0.39, 0.29) is 11.3 Å². The van der Waals surface area contributed by atoms with E-state index in [0.29, 0.717) is 10.5 Å². The molecule has 2 rings (SSSR count). The minimum Gasteiger partial charge on any atom is -0.309 e. The van der Waals surface area contributed by atoms with Gasteiger partial charge in [-0.05, 0) is 37.1 Å². The average molecular weight is 287 g/mol. The molecule has 0 aromatic heterocycles. The highest BCUT2D eigenvalue weighted by Crippen LogP contribution is 2.39. The molecule has 5 heteroatoms. The highest BCUT2D eigenvalue weighted by molar-refractivity contribution is 7.86. The highest BCUT2D eigenvalue weighted by Gasteiger charge is 2.38. The summed E-state index contributed by atoms with van der Waals surface area (Å²) < 4.78 is 39.1. The van der Waals surface area contributed by atoms with Crippen LogP contribution < -0.4 is 5.32 Å². The van der Waals surface area contributed by atoms with Crippen LogP contribution in [0.3, 0.4) is 0 Å². The average Bonchev–Trinajstić information content (AvgIpc) is 2.62. The molecule has 0 aliphatic carbocycles. The third-order valence-corrected chi connectivity index (χ3v) is 5.28. The van der Waals surface area contributed by atoms with Crippen LogP contribution in [0.1, 0.15) is 44.7 Å². The Kier molecular flexibility index (Phi) is 4.68. The topological polar surface area (TPSA) is 29.1 Å². The van der Waals surface area contributed by atoms with Crippen LogP contribution in [-0.4, -0.2) is 16.0 Å². The predicted octanol–water partition coefficient (Wildman–Crippen LogP) is 3.30. The van der Waals surface area contributed by atoms with Crippen LogP contribution in [0.2, 0.25) is 0 Å². The zero-order valence-corrected chi connectivity index (χ0v) is 12.0. The summed E-state index contributed by atoms with van der Waals surface area (Å²) in [5.74, 6) is -1.78. The second-order valence-corrected chi connectivity index (χ2v) is 6.50. The van der Waals surface area contributed by atoms with Gasteiger partial charge >= 0.3 is 0 Å². The number of benzene rings is 1. The van der Waals surface area contributed by atoms with Crippen molar-refractivity contribution >= 4 is 10.8 Å². The summed E-state index contributed by atoms with van der Waals surface area (Å²) in [4.78, 5) is 0.450. The van der Waals surface area contributed by atoms with Gasteiger partial charge in [-0.3, -0.25) is 4.21 Å². The molecule has 1 aliphatic heterocycles. The van der Waals surface area contributed by atoms with Crippen LogP contribution in [-0.2, 0) is 10.8 Å². The van der Waals surface area contributed by atoms with Gasteiger partial charge in [0.05, 0.1) is 16.0 Å². The molecular formula is C14H19F2NOS. The molecule has 0 saturated carbocycles. The van der Waals surface area contributed by atoms with Crippen molar-refractivity contribution in [3.8, 4) is 0 Å². The first-order valence-corrected chi connectivity index (χ1v) is 7.94. The van der Waals surface area contributed by atoms with Crippen molar-refractivity contribution in [3.63, 3.8) is 0 Å². The SMILES string of the molecule is CCCNC1c2cc(F)c(F)cc2S(=O)C1CCC.